The van der Waals surface area contributed by atoms with Gasteiger partial charge in [0.2, 0.25) is 0 Å². The van der Waals surface area contributed by atoms with E-state index in [9.17, 15) is 13.2 Å². The normalized spacial score (nSPS) is 12.1. The van der Waals surface area contributed by atoms with Gasteiger partial charge in [-0.15, -0.1) is 0 Å². The molecule has 0 atom stereocenters. The summed E-state index contributed by atoms with van der Waals surface area (Å²) in [4.78, 5) is 6.24. The minimum absolute atomic E-state index is 0.358. The number of nitrogens with one attached hydrogen (secondary N) is 1. The van der Waals surface area contributed by atoms with Gasteiger partial charge in [0, 0.05) is 29.9 Å². The Balaban J connectivity index is 2.38. The molecule has 0 spiro atoms. The summed E-state index contributed by atoms with van der Waals surface area (Å²) in [5.41, 5.74) is 1.19. The molecule has 1 heterocycles. The SMILES string of the molecule is Cc1cc(NCCN(C)C)c2ccc(C(F)(F)F)cc2n1. The number of benzene rings is 1. The number of rotatable bonds is 4. The highest BCUT2D eigenvalue weighted by Gasteiger charge is 2.30. The van der Waals surface area contributed by atoms with E-state index in [-0.39, 0.29) is 0 Å². The van der Waals surface area contributed by atoms with Crippen LogP contribution >= 0.6 is 0 Å². The van der Waals surface area contributed by atoms with Crippen molar-refractivity contribution in [1.29, 1.82) is 0 Å². The van der Waals surface area contributed by atoms with Gasteiger partial charge in [-0.25, -0.2) is 0 Å². The third-order valence-electron chi connectivity index (χ3n) is 3.14. The number of hydrogen-bond acceptors (Lipinski definition) is 3. The quantitative estimate of drug-likeness (QED) is 0.935. The zero-order valence-electron chi connectivity index (χ0n) is 12.3. The minimum Gasteiger partial charge on any atom is -0.383 e. The average molecular weight is 297 g/mol. The summed E-state index contributed by atoms with van der Waals surface area (Å²) < 4.78 is 38.3. The summed E-state index contributed by atoms with van der Waals surface area (Å²) in [6, 6.07) is 5.52. The fraction of sp³-hybridized carbons (Fsp3) is 0.400. The first-order chi connectivity index (χ1) is 9.77. The van der Waals surface area contributed by atoms with Crippen LogP contribution in [0.25, 0.3) is 10.9 Å². The number of nitrogens with zero attached hydrogens (tertiary/aromatic N) is 2. The van der Waals surface area contributed by atoms with Crippen molar-refractivity contribution in [2.24, 2.45) is 0 Å². The van der Waals surface area contributed by atoms with Crippen molar-refractivity contribution >= 4 is 16.6 Å². The van der Waals surface area contributed by atoms with Crippen LogP contribution in [0.3, 0.4) is 0 Å². The molecule has 0 amide bonds. The van der Waals surface area contributed by atoms with Gasteiger partial charge in [0.25, 0.3) is 0 Å². The topological polar surface area (TPSA) is 28.2 Å². The maximum absolute atomic E-state index is 12.8. The molecule has 0 unspecified atom stereocenters. The predicted molar refractivity (Wildman–Crippen MR) is 78.5 cm³/mol. The lowest BCUT2D eigenvalue weighted by atomic mass is 10.1. The van der Waals surface area contributed by atoms with Crippen LogP contribution in [0, 0.1) is 6.92 Å². The smallest absolute Gasteiger partial charge is 0.383 e. The van der Waals surface area contributed by atoms with Crippen LogP contribution < -0.4 is 5.32 Å². The molecular formula is C15H18F3N3. The number of alkyl halides is 3. The summed E-state index contributed by atoms with van der Waals surface area (Å²) in [7, 11) is 3.93. The molecule has 21 heavy (non-hydrogen) atoms. The Labute approximate surface area is 121 Å². The monoisotopic (exact) mass is 297 g/mol. The molecule has 0 radical (unpaired) electrons. The van der Waals surface area contributed by atoms with Gasteiger partial charge >= 0.3 is 6.18 Å². The van der Waals surface area contributed by atoms with Gasteiger partial charge in [-0.1, -0.05) is 6.07 Å². The van der Waals surface area contributed by atoms with Crippen LogP contribution in [0.1, 0.15) is 11.3 Å². The number of anilines is 1. The highest BCUT2D eigenvalue weighted by Crippen LogP contribution is 2.32. The van der Waals surface area contributed by atoms with E-state index in [1.165, 1.54) is 6.07 Å². The van der Waals surface area contributed by atoms with E-state index in [1.807, 2.05) is 25.1 Å². The number of halogens is 3. The summed E-state index contributed by atoms with van der Waals surface area (Å²) >= 11 is 0. The molecule has 2 aromatic rings. The fourth-order valence-electron chi connectivity index (χ4n) is 2.10. The van der Waals surface area contributed by atoms with E-state index in [4.69, 9.17) is 0 Å². The first-order valence-corrected chi connectivity index (χ1v) is 6.64. The van der Waals surface area contributed by atoms with E-state index >= 15 is 0 Å². The van der Waals surface area contributed by atoms with E-state index in [1.54, 1.807) is 6.92 Å². The average Bonchev–Trinajstić information content (AvgIpc) is 2.36. The van der Waals surface area contributed by atoms with Crippen LogP contribution in [0.4, 0.5) is 18.9 Å². The summed E-state index contributed by atoms with van der Waals surface area (Å²) in [6.07, 6.45) is -4.35. The standard InChI is InChI=1S/C15H18F3N3/c1-10-8-13(19-6-7-21(2)3)12-5-4-11(15(16,17)18)9-14(12)20-10/h4-5,8-9H,6-7H2,1-3H3,(H,19,20). The Morgan fingerprint density at radius 3 is 2.52 bits per heavy atom. The van der Waals surface area contributed by atoms with Gasteiger partial charge in [0.1, 0.15) is 0 Å². The van der Waals surface area contributed by atoms with E-state index in [0.29, 0.717) is 23.1 Å². The highest BCUT2D eigenvalue weighted by molar-refractivity contribution is 5.92. The first kappa shape index (κ1) is 15.6. The number of hydrogen-bond donors (Lipinski definition) is 1. The van der Waals surface area contributed by atoms with Gasteiger partial charge in [-0.2, -0.15) is 13.2 Å². The molecule has 1 N–H and O–H groups in total. The van der Waals surface area contributed by atoms with Crippen molar-refractivity contribution in [2.45, 2.75) is 13.1 Å². The number of likely N-dealkylation sites (N-methyl/N-ethyl adjacent to an activating group) is 1. The van der Waals surface area contributed by atoms with Crippen molar-refractivity contribution < 1.29 is 13.2 Å². The molecule has 0 aliphatic heterocycles. The van der Waals surface area contributed by atoms with Gasteiger partial charge < -0.3 is 10.2 Å². The Kier molecular flexibility index (Phi) is 4.37. The molecule has 0 saturated carbocycles. The molecule has 0 aliphatic carbocycles. The number of aromatic nitrogens is 1. The van der Waals surface area contributed by atoms with Gasteiger partial charge in [0.15, 0.2) is 0 Å². The molecule has 6 heteroatoms. The third kappa shape index (κ3) is 3.85. The van der Waals surface area contributed by atoms with Crippen molar-refractivity contribution in [3.63, 3.8) is 0 Å². The summed E-state index contributed by atoms with van der Waals surface area (Å²) in [5.74, 6) is 0. The van der Waals surface area contributed by atoms with Crippen LogP contribution in [0.5, 0.6) is 0 Å². The minimum atomic E-state index is -4.35. The second kappa shape index (κ2) is 5.89. The molecular weight excluding hydrogens is 279 g/mol. The molecule has 1 aromatic heterocycles. The van der Waals surface area contributed by atoms with Gasteiger partial charge in [-0.3, -0.25) is 4.98 Å². The Morgan fingerprint density at radius 1 is 1.19 bits per heavy atom. The van der Waals surface area contributed by atoms with Crippen LogP contribution in [-0.4, -0.2) is 37.1 Å². The lowest BCUT2D eigenvalue weighted by Crippen LogP contribution is -2.21. The predicted octanol–water partition coefficient (Wildman–Crippen LogP) is 3.54. The summed E-state index contributed by atoms with van der Waals surface area (Å²) in [5, 5.41) is 3.96. The summed E-state index contributed by atoms with van der Waals surface area (Å²) in [6.45, 7) is 3.33. The largest absolute Gasteiger partial charge is 0.416 e. The van der Waals surface area contributed by atoms with E-state index < -0.39 is 11.7 Å². The molecule has 114 valence electrons. The van der Waals surface area contributed by atoms with Gasteiger partial charge in [0.05, 0.1) is 11.1 Å². The molecule has 0 saturated heterocycles. The Hall–Kier alpha value is -1.82. The van der Waals surface area contributed by atoms with Gasteiger partial charge in [-0.05, 0) is 39.2 Å². The molecule has 0 fully saturated rings. The van der Waals surface area contributed by atoms with Crippen molar-refractivity contribution in [3.8, 4) is 0 Å². The zero-order valence-corrected chi connectivity index (χ0v) is 12.3. The molecule has 1 aromatic carbocycles. The van der Waals surface area contributed by atoms with Crippen molar-refractivity contribution in [1.82, 2.24) is 9.88 Å². The molecule has 2 rings (SSSR count). The third-order valence-corrected chi connectivity index (χ3v) is 3.14. The number of aryl methyl sites for hydroxylation is 1. The van der Waals surface area contributed by atoms with E-state index in [2.05, 4.69) is 10.3 Å². The Morgan fingerprint density at radius 2 is 1.90 bits per heavy atom. The first-order valence-electron chi connectivity index (χ1n) is 6.64. The van der Waals surface area contributed by atoms with Crippen molar-refractivity contribution in [3.05, 3.63) is 35.5 Å². The van der Waals surface area contributed by atoms with Crippen LogP contribution in [0.15, 0.2) is 24.3 Å². The molecule has 3 nitrogen and oxygen atoms in total. The van der Waals surface area contributed by atoms with E-state index in [0.717, 1.165) is 24.4 Å². The second-order valence-corrected chi connectivity index (χ2v) is 5.27. The van der Waals surface area contributed by atoms with Crippen molar-refractivity contribution in [2.75, 3.05) is 32.5 Å². The molecule has 0 aliphatic rings. The van der Waals surface area contributed by atoms with Crippen LogP contribution in [0.2, 0.25) is 0 Å². The zero-order chi connectivity index (χ0) is 15.6. The fourth-order valence-corrected chi connectivity index (χ4v) is 2.10. The maximum atomic E-state index is 12.8. The lowest BCUT2D eigenvalue weighted by molar-refractivity contribution is -0.137. The lowest BCUT2D eigenvalue weighted by Gasteiger charge is -2.14. The van der Waals surface area contributed by atoms with Crippen LogP contribution in [-0.2, 0) is 6.18 Å². The number of pyridine rings is 1. The molecule has 0 bridgehead atoms. The maximum Gasteiger partial charge on any atom is 0.416 e. The second-order valence-electron chi connectivity index (χ2n) is 5.27. The number of fused-ring (bicyclic) bond motifs is 1. The highest BCUT2D eigenvalue weighted by atomic mass is 19.4. The Bertz CT molecular complexity index is 636.